The van der Waals surface area contributed by atoms with Crippen LogP contribution in [-0.2, 0) is 9.31 Å². The molecule has 0 spiro atoms. The Morgan fingerprint density at radius 1 is 0.917 bits per heavy atom. The second kappa shape index (κ2) is 3.80. The second-order valence-electron chi connectivity index (χ2n) is 4.26. The first kappa shape index (κ1) is 10.1. The molecule has 1 heterocycles. The predicted octanol–water partition coefficient (Wildman–Crippen LogP) is 2.20. The fourth-order valence-corrected chi connectivity index (χ4v) is 1.70. The van der Waals surface area contributed by atoms with Crippen LogP contribution in [0.2, 0.25) is 6.82 Å². The van der Waals surface area contributed by atoms with Gasteiger partial charge in [-0.1, -0.05) is 27.7 Å². The molecule has 1 aliphatic heterocycles. The first-order chi connectivity index (χ1) is 5.52. The van der Waals surface area contributed by atoms with Gasteiger partial charge in [0, 0.05) is 0 Å². The van der Waals surface area contributed by atoms with Crippen LogP contribution in [0.25, 0.3) is 0 Å². The first-order valence-corrected chi connectivity index (χ1v) is 4.83. The Hall–Kier alpha value is -0.0151. The summed E-state index contributed by atoms with van der Waals surface area (Å²) in [6.45, 7) is 10.7. The van der Waals surface area contributed by atoms with Crippen molar-refractivity contribution >= 4 is 7.12 Å². The summed E-state index contributed by atoms with van der Waals surface area (Å²) in [5.74, 6) is 1.09. The van der Waals surface area contributed by atoms with Gasteiger partial charge in [0.1, 0.15) is 0 Å². The quantitative estimate of drug-likeness (QED) is 0.591. The van der Waals surface area contributed by atoms with Crippen LogP contribution >= 0.6 is 0 Å². The lowest BCUT2D eigenvalue weighted by molar-refractivity contribution is 0.0815. The van der Waals surface area contributed by atoms with Crippen molar-refractivity contribution in [1.29, 1.82) is 0 Å². The van der Waals surface area contributed by atoms with E-state index in [9.17, 15) is 0 Å². The Balaban J connectivity index is 2.59. The first-order valence-electron chi connectivity index (χ1n) is 4.83. The van der Waals surface area contributed by atoms with E-state index in [-0.39, 0.29) is 19.3 Å². The monoisotopic (exact) mass is 170 g/mol. The van der Waals surface area contributed by atoms with Gasteiger partial charge in [0.2, 0.25) is 0 Å². The third kappa shape index (κ3) is 2.02. The van der Waals surface area contributed by atoms with E-state index in [1.807, 2.05) is 6.82 Å². The molecule has 2 nitrogen and oxygen atoms in total. The Morgan fingerprint density at radius 3 is 1.50 bits per heavy atom. The summed E-state index contributed by atoms with van der Waals surface area (Å²) in [6, 6.07) is 0. The molecule has 0 bridgehead atoms. The van der Waals surface area contributed by atoms with Crippen LogP contribution in [0.1, 0.15) is 27.7 Å². The summed E-state index contributed by atoms with van der Waals surface area (Å²) in [6.07, 6.45) is 0.556. The minimum atomic E-state index is -0.0233. The van der Waals surface area contributed by atoms with E-state index in [0.29, 0.717) is 11.8 Å². The summed E-state index contributed by atoms with van der Waals surface area (Å²) >= 11 is 0. The Bertz CT molecular complexity index is 131. The van der Waals surface area contributed by atoms with Crippen LogP contribution in [-0.4, -0.2) is 19.3 Å². The van der Waals surface area contributed by atoms with Crippen molar-refractivity contribution in [3.63, 3.8) is 0 Å². The molecule has 0 aromatic heterocycles. The van der Waals surface area contributed by atoms with Gasteiger partial charge in [-0.25, -0.2) is 0 Å². The summed E-state index contributed by atoms with van der Waals surface area (Å²) in [5, 5.41) is 0. The van der Waals surface area contributed by atoms with E-state index >= 15 is 0 Å². The highest BCUT2D eigenvalue weighted by atomic mass is 16.7. The summed E-state index contributed by atoms with van der Waals surface area (Å²) < 4.78 is 11.3. The fraction of sp³-hybridized carbons (Fsp3) is 1.00. The van der Waals surface area contributed by atoms with Gasteiger partial charge in [0.05, 0.1) is 12.2 Å². The van der Waals surface area contributed by atoms with Crippen LogP contribution < -0.4 is 0 Å². The highest BCUT2D eigenvalue weighted by Crippen LogP contribution is 2.27. The third-order valence-electron chi connectivity index (χ3n) is 2.34. The molecule has 1 rings (SSSR count). The van der Waals surface area contributed by atoms with Gasteiger partial charge < -0.3 is 9.31 Å². The Morgan fingerprint density at radius 2 is 1.25 bits per heavy atom. The van der Waals surface area contributed by atoms with Crippen molar-refractivity contribution in [3.05, 3.63) is 0 Å². The summed E-state index contributed by atoms with van der Waals surface area (Å²) in [4.78, 5) is 0. The molecule has 1 aliphatic rings. The molecule has 0 unspecified atom stereocenters. The molecule has 0 radical (unpaired) electrons. The average molecular weight is 170 g/mol. The van der Waals surface area contributed by atoms with Crippen molar-refractivity contribution in [3.8, 4) is 0 Å². The lowest BCUT2D eigenvalue weighted by Gasteiger charge is -2.24. The third-order valence-corrected chi connectivity index (χ3v) is 2.34. The highest BCUT2D eigenvalue weighted by molar-refractivity contribution is 6.43. The summed E-state index contributed by atoms with van der Waals surface area (Å²) in [7, 11) is -0.0233. The molecule has 0 aromatic carbocycles. The lowest BCUT2D eigenvalue weighted by atomic mass is 9.94. The number of hydrogen-bond acceptors (Lipinski definition) is 2. The zero-order chi connectivity index (χ0) is 9.30. The van der Waals surface area contributed by atoms with E-state index in [1.165, 1.54) is 0 Å². The maximum absolute atomic E-state index is 5.67. The smallest absolute Gasteiger partial charge is 0.406 e. The van der Waals surface area contributed by atoms with E-state index < -0.39 is 0 Å². The fourth-order valence-electron chi connectivity index (χ4n) is 1.70. The maximum Gasteiger partial charge on any atom is 0.454 e. The normalized spacial score (nSPS) is 30.8. The van der Waals surface area contributed by atoms with Gasteiger partial charge in [-0.2, -0.15) is 0 Å². The maximum atomic E-state index is 5.67. The van der Waals surface area contributed by atoms with Gasteiger partial charge in [-0.3, -0.25) is 0 Å². The minimum absolute atomic E-state index is 0.0233. The lowest BCUT2D eigenvalue weighted by Crippen LogP contribution is -2.31. The molecule has 3 heteroatoms. The standard InChI is InChI=1S/C9H19BO2/c1-6(2)8-9(7(3)4)12-10(5)11-8/h6-9H,1-5H3/t8-,9-/m0/s1. The topological polar surface area (TPSA) is 18.5 Å². The zero-order valence-electron chi connectivity index (χ0n) is 8.70. The van der Waals surface area contributed by atoms with Crippen LogP contribution in [0.3, 0.4) is 0 Å². The molecule has 0 aliphatic carbocycles. The molecule has 0 N–H and O–H groups in total. The van der Waals surface area contributed by atoms with Gasteiger partial charge >= 0.3 is 7.12 Å². The molecule has 1 saturated heterocycles. The Labute approximate surface area is 75.8 Å². The van der Waals surface area contributed by atoms with E-state index in [2.05, 4.69) is 27.7 Å². The molecule has 0 saturated carbocycles. The van der Waals surface area contributed by atoms with E-state index in [4.69, 9.17) is 9.31 Å². The molecule has 12 heavy (non-hydrogen) atoms. The van der Waals surface area contributed by atoms with Crippen LogP contribution in [0, 0.1) is 11.8 Å². The predicted molar refractivity (Wildman–Crippen MR) is 51.0 cm³/mol. The van der Waals surface area contributed by atoms with E-state index in [0.717, 1.165) is 0 Å². The molecule has 1 fully saturated rings. The van der Waals surface area contributed by atoms with Crippen molar-refractivity contribution in [2.75, 3.05) is 0 Å². The van der Waals surface area contributed by atoms with E-state index in [1.54, 1.807) is 0 Å². The van der Waals surface area contributed by atoms with Crippen LogP contribution in [0.5, 0.6) is 0 Å². The van der Waals surface area contributed by atoms with Crippen LogP contribution in [0.15, 0.2) is 0 Å². The minimum Gasteiger partial charge on any atom is -0.406 e. The number of hydrogen-bond donors (Lipinski definition) is 0. The van der Waals surface area contributed by atoms with Gasteiger partial charge in [-0.05, 0) is 18.7 Å². The number of rotatable bonds is 2. The van der Waals surface area contributed by atoms with Crippen molar-refractivity contribution in [2.24, 2.45) is 11.8 Å². The largest absolute Gasteiger partial charge is 0.454 e. The van der Waals surface area contributed by atoms with Crippen LogP contribution in [0.4, 0.5) is 0 Å². The highest BCUT2D eigenvalue weighted by Gasteiger charge is 2.39. The van der Waals surface area contributed by atoms with Crippen molar-refractivity contribution < 1.29 is 9.31 Å². The molecule has 0 aromatic rings. The molecular formula is C9H19BO2. The molecule has 2 atom stereocenters. The molecule has 0 amide bonds. The second-order valence-corrected chi connectivity index (χ2v) is 4.26. The van der Waals surface area contributed by atoms with Gasteiger partial charge in [0.25, 0.3) is 0 Å². The summed E-state index contributed by atoms with van der Waals surface area (Å²) in [5.41, 5.74) is 0. The Kier molecular flexibility index (Phi) is 3.19. The van der Waals surface area contributed by atoms with Gasteiger partial charge in [0.15, 0.2) is 0 Å². The van der Waals surface area contributed by atoms with Crippen molar-refractivity contribution in [1.82, 2.24) is 0 Å². The SMILES string of the molecule is CB1O[C@@H](C(C)C)[C@H](C(C)C)O1. The molecule has 70 valence electrons. The van der Waals surface area contributed by atoms with Crippen molar-refractivity contribution in [2.45, 2.75) is 46.7 Å². The van der Waals surface area contributed by atoms with Gasteiger partial charge in [-0.15, -0.1) is 0 Å². The molecular weight excluding hydrogens is 151 g/mol. The average Bonchev–Trinajstić information content (AvgIpc) is 2.31. The zero-order valence-corrected chi connectivity index (χ0v) is 8.70.